The molecule has 1 N–H and O–H groups in total. The van der Waals surface area contributed by atoms with Crippen molar-refractivity contribution in [3.05, 3.63) is 54.5 Å². The van der Waals surface area contributed by atoms with Crippen LogP contribution in [-0.4, -0.2) is 14.7 Å². The van der Waals surface area contributed by atoms with Crippen molar-refractivity contribution in [3.63, 3.8) is 0 Å². The Morgan fingerprint density at radius 2 is 1.94 bits per heavy atom. The molecule has 0 aliphatic heterocycles. The van der Waals surface area contributed by atoms with E-state index in [4.69, 9.17) is 0 Å². The fourth-order valence-electron chi connectivity index (χ4n) is 2.20. The molecule has 0 saturated heterocycles. The number of para-hydroxylation sites is 1. The van der Waals surface area contributed by atoms with Crippen molar-refractivity contribution in [1.82, 2.24) is 9.55 Å². The number of hydrogen-bond donors (Lipinski definition) is 1. The zero-order valence-electron chi connectivity index (χ0n) is 10.2. The van der Waals surface area contributed by atoms with Crippen molar-refractivity contribution in [2.24, 2.45) is 0 Å². The van der Waals surface area contributed by atoms with Crippen LogP contribution >= 0.6 is 0 Å². The van der Waals surface area contributed by atoms with Gasteiger partial charge in [0.25, 0.3) is 0 Å². The van der Waals surface area contributed by atoms with Gasteiger partial charge in [-0.25, -0.2) is 0 Å². The minimum Gasteiger partial charge on any atom is -0.505 e. The van der Waals surface area contributed by atoms with Gasteiger partial charge in [0.05, 0.1) is 17.4 Å². The second kappa shape index (κ2) is 4.18. The maximum atomic E-state index is 10.1. The van der Waals surface area contributed by atoms with Crippen LogP contribution in [0.15, 0.2) is 48.8 Å². The third-order valence-corrected chi connectivity index (χ3v) is 3.17. The van der Waals surface area contributed by atoms with Crippen LogP contribution in [0.4, 0.5) is 0 Å². The average Bonchev–Trinajstić information content (AvgIpc) is 2.85. The molecule has 90 valence electrons. The van der Waals surface area contributed by atoms with E-state index in [1.165, 1.54) is 0 Å². The van der Waals surface area contributed by atoms with E-state index in [9.17, 15) is 5.11 Å². The van der Waals surface area contributed by atoms with E-state index in [1.54, 1.807) is 0 Å². The SMILES string of the molecule is CCc1ncc2c(ccn2-c2ccccc2)c1O. The molecule has 1 aromatic carbocycles. The number of aromatic nitrogens is 2. The van der Waals surface area contributed by atoms with Crippen LogP contribution in [-0.2, 0) is 6.42 Å². The maximum Gasteiger partial charge on any atom is 0.146 e. The van der Waals surface area contributed by atoms with E-state index >= 15 is 0 Å². The van der Waals surface area contributed by atoms with E-state index in [-0.39, 0.29) is 0 Å². The predicted molar refractivity (Wildman–Crippen MR) is 72.1 cm³/mol. The van der Waals surface area contributed by atoms with Gasteiger partial charge in [-0.15, -0.1) is 0 Å². The van der Waals surface area contributed by atoms with E-state index in [0.29, 0.717) is 5.75 Å². The lowest BCUT2D eigenvalue weighted by Crippen LogP contribution is -1.93. The molecule has 0 aliphatic carbocycles. The number of benzene rings is 1. The van der Waals surface area contributed by atoms with E-state index in [2.05, 4.69) is 4.98 Å². The monoisotopic (exact) mass is 238 g/mol. The van der Waals surface area contributed by atoms with Gasteiger partial charge in [-0.2, -0.15) is 0 Å². The lowest BCUT2D eigenvalue weighted by molar-refractivity contribution is 0.471. The quantitative estimate of drug-likeness (QED) is 0.744. The van der Waals surface area contributed by atoms with Crippen LogP contribution in [0, 0.1) is 0 Å². The molecule has 0 bridgehead atoms. The van der Waals surface area contributed by atoms with E-state index in [0.717, 1.165) is 28.7 Å². The topological polar surface area (TPSA) is 38.0 Å². The molecular weight excluding hydrogens is 224 g/mol. The first kappa shape index (κ1) is 10.8. The molecule has 18 heavy (non-hydrogen) atoms. The number of hydrogen-bond acceptors (Lipinski definition) is 2. The fourth-order valence-corrected chi connectivity index (χ4v) is 2.20. The zero-order valence-corrected chi connectivity index (χ0v) is 10.2. The largest absolute Gasteiger partial charge is 0.505 e. The highest BCUT2D eigenvalue weighted by Gasteiger charge is 2.10. The van der Waals surface area contributed by atoms with Gasteiger partial charge >= 0.3 is 0 Å². The molecule has 0 atom stereocenters. The normalized spacial score (nSPS) is 10.9. The van der Waals surface area contributed by atoms with Crippen molar-refractivity contribution in [1.29, 1.82) is 0 Å². The highest BCUT2D eigenvalue weighted by atomic mass is 16.3. The lowest BCUT2D eigenvalue weighted by Gasteiger charge is -2.06. The Balaban J connectivity index is 2.25. The van der Waals surface area contributed by atoms with Gasteiger partial charge in [-0.05, 0) is 24.6 Å². The Morgan fingerprint density at radius 3 is 2.67 bits per heavy atom. The number of pyridine rings is 1. The van der Waals surface area contributed by atoms with Gasteiger partial charge in [0, 0.05) is 17.3 Å². The molecule has 0 unspecified atom stereocenters. The molecule has 0 spiro atoms. The van der Waals surface area contributed by atoms with Crippen molar-refractivity contribution >= 4 is 10.9 Å². The third-order valence-electron chi connectivity index (χ3n) is 3.17. The molecule has 3 rings (SSSR count). The maximum absolute atomic E-state index is 10.1. The minimum atomic E-state index is 0.296. The smallest absolute Gasteiger partial charge is 0.146 e. The van der Waals surface area contributed by atoms with Gasteiger partial charge in [0.15, 0.2) is 0 Å². The van der Waals surface area contributed by atoms with Gasteiger partial charge < -0.3 is 9.67 Å². The van der Waals surface area contributed by atoms with E-state index < -0.39 is 0 Å². The minimum absolute atomic E-state index is 0.296. The molecule has 0 aliphatic rings. The standard InChI is InChI=1S/C15H14N2O/c1-2-13-15(18)12-8-9-17(14(12)10-16-13)11-6-4-3-5-7-11/h3-10,18H,2H2,1H3. The van der Waals surface area contributed by atoms with Gasteiger partial charge in [0.2, 0.25) is 0 Å². The number of fused-ring (bicyclic) bond motifs is 1. The number of nitrogens with zero attached hydrogens (tertiary/aromatic N) is 2. The summed E-state index contributed by atoms with van der Waals surface area (Å²) in [5.41, 5.74) is 2.74. The summed E-state index contributed by atoms with van der Waals surface area (Å²) in [6.45, 7) is 1.99. The number of rotatable bonds is 2. The summed E-state index contributed by atoms with van der Waals surface area (Å²) in [4.78, 5) is 4.31. The second-order valence-electron chi connectivity index (χ2n) is 4.23. The van der Waals surface area contributed by atoms with Crippen LogP contribution in [0.5, 0.6) is 5.75 Å². The molecule has 2 aromatic heterocycles. The van der Waals surface area contributed by atoms with Crippen molar-refractivity contribution in [3.8, 4) is 11.4 Å². The Bertz CT molecular complexity index is 686. The second-order valence-corrected chi connectivity index (χ2v) is 4.23. The highest BCUT2D eigenvalue weighted by Crippen LogP contribution is 2.29. The average molecular weight is 238 g/mol. The lowest BCUT2D eigenvalue weighted by atomic mass is 10.2. The third kappa shape index (κ3) is 1.56. The van der Waals surface area contributed by atoms with Crippen molar-refractivity contribution in [2.75, 3.05) is 0 Å². The summed E-state index contributed by atoms with van der Waals surface area (Å²) in [5, 5.41) is 11.0. The summed E-state index contributed by atoms with van der Waals surface area (Å²) >= 11 is 0. The molecular formula is C15H14N2O. The summed E-state index contributed by atoms with van der Waals surface area (Å²) < 4.78 is 2.03. The molecule has 3 aromatic rings. The Morgan fingerprint density at radius 1 is 1.17 bits per heavy atom. The molecule has 3 nitrogen and oxygen atoms in total. The van der Waals surface area contributed by atoms with E-state index in [1.807, 2.05) is 60.3 Å². The van der Waals surface area contributed by atoms with Crippen LogP contribution in [0.3, 0.4) is 0 Å². The highest BCUT2D eigenvalue weighted by molar-refractivity contribution is 5.87. The first-order chi connectivity index (χ1) is 8.81. The zero-order chi connectivity index (χ0) is 12.5. The van der Waals surface area contributed by atoms with Crippen LogP contribution in [0.1, 0.15) is 12.6 Å². The first-order valence-corrected chi connectivity index (χ1v) is 6.04. The Labute approximate surface area is 105 Å². The summed E-state index contributed by atoms with van der Waals surface area (Å²) in [7, 11) is 0. The summed E-state index contributed by atoms with van der Waals surface area (Å²) in [6, 6.07) is 12.0. The molecule has 0 fully saturated rings. The van der Waals surface area contributed by atoms with Crippen molar-refractivity contribution < 1.29 is 5.11 Å². The van der Waals surface area contributed by atoms with Gasteiger partial charge in [-0.1, -0.05) is 25.1 Å². The van der Waals surface area contributed by atoms with Crippen LogP contribution < -0.4 is 0 Å². The number of aromatic hydroxyl groups is 1. The molecule has 0 saturated carbocycles. The van der Waals surface area contributed by atoms with Crippen LogP contribution in [0.2, 0.25) is 0 Å². The molecule has 3 heteroatoms. The van der Waals surface area contributed by atoms with Gasteiger partial charge in [-0.3, -0.25) is 4.98 Å². The van der Waals surface area contributed by atoms with Crippen molar-refractivity contribution in [2.45, 2.75) is 13.3 Å². The Hall–Kier alpha value is -2.29. The van der Waals surface area contributed by atoms with Gasteiger partial charge in [0.1, 0.15) is 5.75 Å². The Kier molecular flexibility index (Phi) is 2.52. The summed E-state index contributed by atoms with van der Waals surface area (Å²) in [6.07, 6.45) is 4.51. The number of aryl methyl sites for hydroxylation is 1. The summed E-state index contributed by atoms with van der Waals surface area (Å²) in [5.74, 6) is 0.296. The molecule has 0 amide bonds. The van der Waals surface area contributed by atoms with Crippen LogP contribution in [0.25, 0.3) is 16.6 Å². The molecule has 2 heterocycles. The fraction of sp³-hybridized carbons (Fsp3) is 0.133. The first-order valence-electron chi connectivity index (χ1n) is 6.04. The molecule has 0 radical (unpaired) electrons. The predicted octanol–water partition coefficient (Wildman–Crippen LogP) is 3.29.